The van der Waals surface area contributed by atoms with E-state index in [-0.39, 0.29) is 25.2 Å². The van der Waals surface area contributed by atoms with Crippen molar-refractivity contribution in [2.45, 2.75) is 63.0 Å². The number of carbonyl (C=O) groups is 3. The predicted molar refractivity (Wildman–Crippen MR) is 134 cm³/mol. The number of halogens is 1. The van der Waals surface area contributed by atoms with E-state index in [1.165, 1.54) is 13.3 Å². The molecule has 194 valence electrons. The SMILES string of the molecule is CC(=O)c1cn(CC(=O)[C@@]2(NC(=O)C3CCCN3)CC(F)C[C@H]2O)c2ccc(Nc3cncnc3)cc12. The Balaban J connectivity index is 1.45. The quantitative estimate of drug-likeness (QED) is 0.339. The summed E-state index contributed by atoms with van der Waals surface area (Å²) < 4.78 is 16.1. The highest BCUT2D eigenvalue weighted by Gasteiger charge is 2.53. The van der Waals surface area contributed by atoms with Crippen molar-refractivity contribution in [3.63, 3.8) is 0 Å². The van der Waals surface area contributed by atoms with Gasteiger partial charge in [0.1, 0.15) is 18.0 Å². The molecule has 10 nitrogen and oxygen atoms in total. The number of amides is 1. The largest absolute Gasteiger partial charge is 0.390 e. The first-order valence-corrected chi connectivity index (χ1v) is 12.3. The van der Waals surface area contributed by atoms with Crippen LogP contribution in [0.15, 0.2) is 43.1 Å². The Kier molecular flexibility index (Phi) is 6.74. The zero-order valence-electron chi connectivity index (χ0n) is 20.4. The third-order valence-corrected chi connectivity index (χ3v) is 7.24. The van der Waals surface area contributed by atoms with E-state index in [2.05, 4.69) is 25.9 Å². The summed E-state index contributed by atoms with van der Waals surface area (Å²) in [6, 6.07) is 4.89. The fraction of sp³-hybridized carbons (Fsp3) is 0.423. The first-order chi connectivity index (χ1) is 17.8. The molecule has 3 heterocycles. The Labute approximate surface area is 212 Å². The Morgan fingerprint density at radius 2 is 2.03 bits per heavy atom. The van der Waals surface area contributed by atoms with Crippen molar-refractivity contribution < 1.29 is 23.9 Å². The average Bonchev–Trinajstić information content (AvgIpc) is 3.59. The van der Waals surface area contributed by atoms with Crippen LogP contribution in [-0.4, -0.2) is 67.5 Å². The van der Waals surface area contributed by atoms with Crippen molar-refractivity contribution >= 4 is 39.8 Å². The Morgan fingerprint density at radius 1 is 1.24 bits per heavy atom. The Bertz CT molecular complexity index is 1340. The van der Waals surface area contributed by atoms with Crippen LogP contribution in [0.1, 0.15) is 43.0 Å². The minimum atomic E-state index is -1.73. The summed E-state index contributed by atoms with van der Waals surface area (Å²) in [7, 11) is 0. The van der Waals surface area contributed by atoms with Crippen LogP contribution >= 0.6 is 0 Å². The molecule has 37 heavy (non-hydrogen) atoms. The molecule has 0 spiro atoms. The number of rotatable bonds is 8. The van der Waals surface area contributed by atoms with Crippen LogP contribution in [0.25, 0.3) is 10.9 Å². The first-order valence-electron chi connectivity index (χ1n) is 12.3. The maximum absolute atomic E-state index is 14.4. The van der Waals surface area contributed by atoms with Crippen molar-refractivity contribution in [2.24, 2.45) is 0 Å². The standard InChI is InChI=1S/C26H29FN6O4/c1-15(34)20-12-33(22-5-4-17(8-19(20)22)31-18-10-28-14-29-11-18)13-24(36)26(9-16(27)7-23(26)35)32-25(37)21-3-2-6-30-21/h4-5,8,10-12,14,16,21,23,30-31,35H,2-3,6-7,9,13H2,1H3,(H,32,37)/t16?,21?,23-,26-/m1/s1. The van der Waals surface area contributed by atoms with E-state index < -0.39 is 35.5 Å². The second-order valence-electron chi connectivity index (χ2n) is 9.80. The molecule has 1 aliphatic carbocycles. The molecule has 2 fully saturated rings. The number of carbonyl (C=O) groups excluding carboxylic acids is 3. The van der Waals surface area contributed by atoms with Gasteiger partial charge in [0.25, 0.3) is 0 Å². The lowest BCUT2D eigenvalue weighted by atomic mass is 9.88. The predicted octanol–water partition coefficient (Wildman–Crippen LogP) is 2.05. The van der Waals surface area contributed by atoms with Crippen LogP contribution in [0.5, 0.6) is 0 Å². The molecule has 5 rings (SSSR count). The number of aliphatic hydroxyl groups excluding tert-OH is 1. The van der Waals surface area contributed by atoms with Gasteiger partial charge in [-0.3, -0.25) is 14.4 Å². The molecule has 2 aromatic heterocycles. The molecule has 2 unspecified atom stereocenters. The van der Waals surface area contributed by atoms with E-state index in [4.69, 9.17) is 0 Å². The Morgan fingerprint density at radius 3 is 2.68 bits per heavy atom. The number of alkyl halides is 1. The van der Waals surface area contributed by atoms with Gasteiger partial charge >= 0.3 is 0 Å². The number of Topliss-reactive ketones (excluding diaryl/α,β-unsaturated/α-hetero) is 2. The number of nitrogens with one attached hydrogen (secondary N) is 3. The highest BCUT2D eigenvalue weighted by molar-refractivity contribution is 6.08. The molecule has 1 amide bonds. The molecular formula is C26H29FN6O4. The maximum Gasteiger partial charge on any atom is 0.238 e. The molecule has 1 aliphatic heterocycles. The highest BCUT2D eigenvalue weighted by atomic mass is 19.1. The first kappa shape index (κ1) is 25.0. The van der Waals surface area contributed by atoms with E-state index in [1.54, 1.807) is 41.4 Å². The minimum absolute atomic E-state index is 0.184. The van der Waals surface area contributed by atoms with Gasteiger partial charge in [-0.25, -0.2) is 14.4 Å². The molecular weight excluding hydrogens is 479 g/mol. The summed E-state index contributed by atoms with van der Waals surface area (Å²) in [4.78, 5) is 47.0. The van der Waals surface area contributed by atoms with E-state index in [0.29, 0.717) is 40.8 Å². The van der Waals surface area contributed by atoms with Crippen LogP contribution in [0.4, 0.5) is 15.8 Å². The fourth-order valence-electron chi connectivity index (χ4n) is 5.34. The molecule has 3 aromatic rings. The molecule has 4 N–H and O–H groups in total. The summed E-state index contributed by atoms with van der Waals surface area (Å²) in [6.07, 6.45) is 4.39. The molecule has 1 saturated carbocycles. The highest BCUT2D eigenvalue weighted by Crippen LogP contribution is 2.35. The average molecular weight is 509 g/mol. The number of nitrogens with zero attached hydrogens (tertiary/aromatic N) is 3. The van der Waals surface area contributed by atoms with E-state index >= 15 is 0 Å². The molecule has 11 heteroatoms. The smallest absolute Gasteiger partial charge is 0.238 e. The van der Waals surface area contributed by atoms with Crippen LogP contribution in [0, 0.1) is 0 Å². The zero-order valence-corrected chi connectivity index (χ0v) is 20.4. The number of benzene rings is 1. The van der Waals surface area contributed by atoms with Gasteiger partial charge in [0.05, 0.1) is 36.8 Å². The van der Waals surface area contributed by atoms with Gasteiger partial charge in [0.15, 0.2) is 11.6 Å². The summed E-state index contributed by atoms with van der Waals surface area (Å²) in [5.74, 6) is -1.11. The normalized spacial score (nSPS) is 25.3. The minimum Gasteiger partial charge on any atom is -0.390 e. The number of aromatic nitrogens is 3. The van der Waals surface area contributed by atoms with Crippen LogP contribution in [0.3, 0.4) is 0 Å². The molecule has 4 atom stereocenters. The third kappa shape index (κ3) is 4.84. The van der Waals surface area contributed by atoms with E-state index in [1.807, 2.05) is 0 Å². The molecule has 1 aromatic carbocycles. The monoisotopic (exact) mass is 508 g/mol. The number of ketones is 2. The van der Waals surface area contributed by atoms with Crippen molar-refractivity contribution in [3.05, 3.63) is 48.7 Å². The lowest BCUT2D eigenvalue weighted by molar-refractivity contribution is -0.137. The van der Waals surface area contributed by atoms with Gasteiger partial charge < -0.3 is 25.6 Å². The van der Waals surface area contributed by atoms with Gasteiger partial charge in [-0.2, -0.15) is 0 Å². The van der Waals surface area contributed by atoms with Crippen LogP contribution in [0.2, 0.25) is 0 Å². The van der Waals surface area contributed by atoms with E-state index in [9.17, 15) is 23.9 Å². The van der Waals surface area contributed by atoms with Crippen LogP contribution in [-0.2, 0) is 16.1 Å². The second kappa shape index (κ2) is 9.98. The maximum atomic E-state index is 14.4. The lowest BCUT2D eigenvalue weighted by Crippen LogP contribution is -2.62. The molecule has 1 saturated heterocycles. The summed E-state index contributed by atoms with van der Waals surface area (Å²) in [5.41, 5.74) is 0.679. The molecule has 0 radical (unpaired) electrons. The molecule has 0 bridgehead atoms. The van der Waals surface area contributed by atoms with Gasteiger partial charge in [0, 0.05) is 41.2 Å². The number of fused-ring (bicyclic) bond motifs is 1. The van der Waals surface area contributed by atoms with Crippen molar-refractivity contribution in [2.75, 3.05) is 11.9 Å². The lowest BCUT2D eigenvalue weighted by Gasteiger charge is -2.33. The number of anilines is 2. The van der Waals surface area contributed by atoms with Gasteiger partial charge in [-0.15, -0.1) is 0 Å². The summed E-state index contributed by atoms with van der Waals surface area (Å²) in [6.45, 7) is 1.88. The summed E-state index contributed by atoms with van der Waals surface area (Å²) >= 11 is 0. The second-order valence-corrected chi connectivity index (χ2v) is 9.80. The summed E-state index contributed by atoms with van der Waals surface area (Å²) in [5, 5.41) is 20.3. The van der Waals surface area contributed by atoms with Crippen molar-refractivity contribution in [1.82, 2.24) is 25.2 Å². The van der Waals surface area contributed by atoms with Crippen LogP contribution < -0.4 is 16.0 Å². The van der Waals surface area contributed by atoms with Gasteiger partial charge in [-0.05, 0) is 44.5 Å². The number of hydrogen-bond donors (Lipinski definition) is 4. The van der Waals surface area contributed by atoms with Gasteiger partial charge in [-0.1, -0.05) is 0 Å². The number of aliphatic hydroxyl groups is 1. The topological polar surface area (TPSA) is 138 Å². The van der Waals surface area contributed by atoms with Crippen molar-refractivity contribution in [1.29, 1.82) is 0 Å². The Hall–Kier alpha value is -3.70. The number of hydrogen-bond acceptors (Lipinski definition) is 8. The molecule has 2 aliphatic rings. The zero-order chi connectivity index (χ0) is 26.2. The van der Waals surface area contributed by atoms with Crippen molar-refractivity contribution in [3.8, 4) is 0 Å². The van der Waals surface area contributed by atoms with E-state index in [0.717, 1.165) is 6.42 Å². The fourth-order valence-corrected chi connectivity index (χ4v) is 5.34. The van der Waals surface area contributed by atoms with Gasteiger partial charge in [0.2, 0.25) is 5.91 Å². The third-order valence-electron chi connectivity index (χ3n) is 7.24.